The lowest BCUT2D eigenvalue weighted by Gasteiger charge is -2.36. The molecule has 3 N–H and O–H groups in total. The van der Waals surface area contributed by atoms with Crippen LogP contribution >= 0.6 is 0 Å². The molecule has 0 spiro atoms. The minimum Gasteiger partial charge on any atom is -0.368 e. The van der Waals surface area contributed by atoms with Crippen molar-refractivity contribution in [2.24, 2.45) is 11.7 Å². The third kappa shape index (κ3) is 3.32. The molecule has 2 unspecified atom stereocenters. The van der Waals surface area contributed by atoms with Gasteiger partial charge < -0.3 is 20.9 Å². The summed E-state index contributed by atoms with van der Waals surface area (Å²) >= 11 is 0. The number of nitrogens with zero attached hydrogens (tertiary/aromatic N) is 2. The molecule has 1 amide bonds. The third-order valence-corrected chi connectivity index (χ3v) is 5.14. The van der Waals surface area contributed by atoms with Crippen LogP contribution in [0.1, 0.15) is 32.6 Å². The standard InChI is InChI=1S/C15H30N4O/c1-3-17-15(14(16)20)7-4-5-13(15)6-8-19-11-9-18(2)10-12-19/h13,17H,3-12H2,1-2H3,(H2,16,20). The number of carbonyl (C=O) groups excluding carboxylic acids is 1. The van der Waals surface area contributed by atoms with E-state index in [1.807, 2.05) is 0 Å². The fourth-order valence-corrected chi connectivity index (χ4v) is 3.84. The van der Waals surface area contributed by atoms with Crippen LogP contribution in [0.5, 0.6) is 0 Å². The Hall–Kier alpha value is -0.650. The maximum Gasteiger partial charge on any atom is 0.238 e. The van der Waals surface area contributed by atoms with Gasteiger partial charge in [-0.25, -0.2) is 0 Å². The van der Waals surface area contributed by atoms with Crippen LogP contribution in [0.15, 0.2) is 0 Å². The Morgan fingerprint density at radius 3 is 2.65 bits per heavy atom. The van der Waals surface area contributed by atoms with Gasteiger partial charge in [0, 0.05) is 26.2 Å². The molecule has 1 heterocycles. The van der Waals surface area contributed by atoms with E-state index in [9.17, 15) is 4.79 Å². The molecule has 0 bridgehead atoms. The van der Waals surface area contributed by atoms with Crippen molar-refractivity contribution in [3.63, 3.8) is 0 Å². The summed E-state index contributed by atoms with van der Waals surface area (Å²) in [6, 6.07) is 0. The van der Waals surface area contributed by atoms with E-state index in [-0.39, 0.29) is 5.91 Å². The van der Waals surface area contributed by atoms with Crippen molar-refractivity contribution in [2.45, 2.75) is 38.1 Å². The number of hydrogen-bond acceptors (Lipinski definition) is 4. The number of rotatable bonds is 6. The predicted octanol–water partition coefficient (Wildman–Crippen LogP) is 0.258. The van der Waals surface area contributed by atoms with Crippen molar-refractivity contribution in [1.29, 1.82) is 0 Å². The summed E-state index contributed by atoms with van der Waals surface area (Å²) in [5, 5.41) is 3.40. The summed E-state index contributed by atoms with van der Waals surface area (Å²) in [6.07, 6.45) is 4.23. The van der Waals surface area contributed by atoms with Gasteiger partial charge in [0.1, 0.15) is 5.54 Å². The Bertz CT molecular complexity index is 328. The normalized spacial score (nSPS) is 32.6. The number of nitrogens with two attached hydrogens (primary N) is 1. The molecule has 0 aromatic carbocycles. The number of nitrogens with one attached hydrogen (secondary N) is 1. The fraction of sp³-hybridized carbons (Fsp3) is 0.933. The van der Waals surface area contributed by atoms with Crippen molar-refractivity contribution in [2.75, 3.05) is 46.3 Å². The van der Waals surface area contributed by atoms with Gasteiger partial charge in [-0.05, 0) is 45.3 Å². The molecule has 116 valence electrons. The molecule has 1 saturated carbocycles. The van der Waals surface area contributed by atoms with Gasteiger partial charge in [-0.2, -0.15) is 0 Å². The second-order valence-corrected chi connectivity index (χ2v) is 6.39. The Morgan fingerprint density at radius 1 is 1.35 bits per heavy atom. The summed E-state index contributed by atoms with van der Waals surface area (Å²) in [6.45, 7) is 8.56. The van der Waals surface area contributed by atoms with Gasteiger partial charge in [0.2, 0.25) is 5.91 Å². The molecule has 1 aliphatic carbocycles. The number of piperazine rings is 1. The van der Waals surface area contributed by atoms with Crippen molar-refractivity contribution in [1.82, 2.24) is 15.1 Å². The highest BCUT2D eigenvalue weighted by atomic mass is 16.1. The first kappa shape index (κ1) is 15.7. The van der Waals surface area contributed by atoms with Crippen molar-refractivity contribution in [3.05, 3.63) is 0 Å². The van der Waals surface area contributed by atoms with Gasteiger partial charge in [0.05, 0.1) is 0 Å². The van der Waals surface area contributed by atoms with E-state index in [1.165, 1.54) is 0 Å². The number of amides is 1. The van der Waals surface area contributed by atoms with Crippen LogP contribution in [0.2, 0.25) is 0 Å². The first-order valence-electron chi connectivity index (χ1n) is 8.04. The first-order valence-corrected chi connectivity index (χ1v) is 8.04. The van der Waals surface area contributed by atoms with Gasteiger partial charge in [-0.1, -0.05) is 13.3 Å². The van der Waals surface area contributed by atoms with E-state index >= 15 is 0 Å². The quantitative estimate of drug-likeness (QED) is 0.733. The largest absolute Gasteiger partial charge is 0.368 e. The Balaban J connectivity index is 1.88. The van der Waals surface area contributed by atoms with E-state index in [0.717, 1.165) is 65.0 Å². The number of likely N-dealkylation sites (N-methyl/N-ethyl adjacent to an activating group) is 2. The minimum absolute atomic E-state index is 0.153. The van der Waals surface area contributed by atoms with Gasteiger partial charge in [-0.15, -0.1) is 0 Å². The first-order chi connectivity index (χ1) is 9.58. The number of primary amides is 1. The molecule has 2 rings (SSSR count). The molecule has 20 heavy (non-hydrogen) atoms. The summed E-state index contributed by atoms with van der Waals surface area (Å²) in [4.78, 5) is 16.9. The van der Waals surface area contributed by atoms with E-state index < -0.39 is 5.54 Å². The van der Waals surface area contributed by atoms with Crippen LogP contribution in [-0.4, -0.2) is 67.6 Å². The second kappa shape index (κ2) is 6.87. The smallest absolute Gasteiger partial charge is 0.238 e. The molecule has 1 aliphatic heterocycles. The highest BCUT2D eigenvalue weighted by Crippen LogP contribution is 2.38. The summed E-state index contributed by atoms with van der Waals surface area (Å²) < 4.78 is 0. The lowest BCUT2D eigenvalue weighted by atomic mass is 9.83. The Labute approximate surface area is 122 Å². The Kier molecular flexibility index (Phi) is 5.41. The summed E-state index contributed by atoms with van der Waals surface area (Å²) in [5.41, 5.74) is 5.27. The molecular formula is C15H30N4O. The van der Waals surface area contributed by atoms with Crippen molar-refractivity contribution < 1.29 is 4.79 Å². The fourth-order valence-electron chi connectivity index (χ4n) is 3.84. The van der Waals surface area contributed by atoms with Gasteiger partial charge in [-0.3, -0.25) is 4.79 Å². The molecule has 2 fully saturated rings. The van der Waals surface area contributed by atoms with Crippen LogP contribution < -0.4 is 11.1 Å². The average Bonchev–Trinajstić information content (AvgIpc) is 2.83. The lowest BCUT2D eigenvalue weighted by molar-refractivity contribution is -0.126. The molecule has 5 nitrogen and oxygen atoms in total. The zero-order chi connectivity index (χ0) is 14.6. The molecule has 0 aromatic rings. The van der Waals surface area contributed by atoms with Crippen LogP contribution in [-0.2, 0) is 4.79 Å². The van der Waals surface area contributed by atoms with Crippen LogP contribution in [0.4, 0.5) is 0 Å². The minimum atomic E-state index is -0.443. The average molecular weight is 282 g/mol. The highest BCUT2D eigenvalue weighted by molar-refractivity contribution is 5.85. The maximum absolute atomic E-state index is 12.0. The van der Waals surface area contributed by atoms with Crippen molar-refractivity contribution >= 4 is 5.91 Å². The van der Waals surface area contributed by atoms with Gasteiger partial charge in [0.15, 0.2) is 0 Å². The van der Waals surface area contributed by atoms with Crippen molar-refractivity contribution in [3.8, 4) is 0 Å². The third-order valence-electron chi connectivity index (χ3n) is 5.14. The second-order valence-electron chi connectivity index (χ2n) is 6.39. The number of carbonyl (C=O) groups is 1. The summed E-state index contributed by atoms with van der Waals surface area (Å²) in [7, 11) is 2.18. The molecule has 2 aliphatic rings. The Morgan fingerprint density at radius 2 is 2.05 bits per heavy atom. The molecule has 2 atom stereocenters. The van der Waals surface area contributed by atoms with Gasteiger partial charge >= 0.3 is 0 Å². The molecular weight excluding hydrogens is 252 g/mol. The predicted molar refractivity (Wildman–Crippen MR) is 81.5 cm³/mol. The van der Waals surface area contributed by atoms with E-state index in [1.54, 1.807) is 0 Å². The van der Waals surface area contributed by atoms with Crippen LogP contribution in [0, 0.1) is 5.92 Å². The zero-order valence-corrected chi connectivity index (χ0v) is 13.0. The topological polar surface area (TPSA) is 61.6 Å². The lowest BCUT2D eigenvalue weighted by Crippen LogP contribution is -2.58. The molecule has 1 saturated heterocycles. The molecule has 0 radical (unpaired) electrons. The molecule has 5 heteroatoms. The highest BCUT2D eigenvalue weighted by Gasteiger charge is 2.46. The van der Waals surface area contributed by atoms with Gasteiger partial charge in [0.25, 0.3) is 0 Å². The van der Waals surface area contributed by atoms with Crippen LogP contribution in [0.25, 0.3) is 0 Å². The maximum atomic E-state index is 12.0. The van der Waals surface area contributed by atoms with Crippen LogP contribution in [0.3, 0.4) is 0 Å². The monoisotopic (exact) mass is 282 g/mol. The van der Waals surface area contributed by atoms with E-state index in [4.69, 9.17) is 5.73 Å². The van der Waals surface area contributed by atoms with E-state index in [0.29, 0.717) is 5.92 Å². The SMILES string of the molecule is CCNC1(C(N)=O)CCCC1CCN1CCN(C)CC1. The number of hydrogen-bond donors (Lipinski definition) is 2. The summed E-state index contributed by atoms with van der Waals surface area (Å²) in [5.74, 6) is 0.250. The molecule has 0 aromatic heterocycles. The van der Waals surface area contributed by atoms with E-state index in [2.05, 4.69) is 29.1 Å². The zero-order valence-electron chi connectivity index (χ0n) is 13.0.